The molecule has 2 heterocycles. The standard InChI is InChI=1S/C21H28ClN5OS/c22-18-9-5-4-8-17(18)14-26-10-12-27(13-11-26)15-19(28)23-21-25-24-20(29-21)16-6-2-1-3-7-16/h4-5,8-9,16H,1-3,6-7,10-15H2,(H,23,25,28). The number of aromatic nitrogens is 2. The minimum Gasteiger partial charge on any atom is -0.299 e. The monoisotopic (exact) mass is 433 g/mol. The van der Waals surface area contributed by atoms with Gasteiger partial charge in [-0.05, 0) is 24.5 Å². The van der Waals surface area contributed by atoms with Gasteiger partial charge in [-0.3, -0.25) is 19.9 Å². The van der Waals surface area contributed by atoms with Gasteiger partial charge in [0.05, 0.1) is 6.54 Å². The van der Waals surface area contributed by atoms with Crippen LogP contribution in [-0.2, 0) is 11.3 Å². The minimum atomic E-state index is -0.00380. The maximum Gasteiger partial charge on any atom is 0.240 e. The van der Waals surface area contributed by atoms with Crippen LogP contribution in [0.4, 0.5) is 5.13 Å². The van der Waals surface area contributed by atoms with Gasteiger partial charge >= 0.3 is 0 Å². The van der Waals surface area contributed by atoms with Crippen LogP contribution < -0.4 is 5.32 Å². The van der Waals surface area contributed by atoms with Gasteiger partial charge in [0.1, 0.15) is 5.01 Å². The molecule has 0 atom stereocenters. The van der Waals surface area contributed by atoms with Gasteiger partial charge in [0.2, 0.25) is 11.0 Å². The van der Waals surface area contributed by atoms with Crippen LogP contribution in [0.25, 0.3) is 0 Å². The maximum absolute atomic E-state index is 12.4. The molecule has 156 valence electrons. The van der Waals surface area contributed by atoms with Gasteiger partial charge < -0.3 is 0 Å². The average molecular weight is 434 g/mol. The fraction of sp³-hybridized carbons (Fsp3) is 0.571. The van der Waals surface area contributed by atoms with Crippen LogP contribution in [-0.4, -0.2) is 58.6 Å². The first-order valence-corrected chi connectivity index (χ1v) is 11.7. The van der Waals surface area contributed by atoms with Crippen molar-refractivity contribution >= 4 is 34.0 Å². The summed E-state index contributed by atoms with van der Waals surface area (Å²) in [4.78, 5) is 17.0. The molecule has 1 N–H and O–H groups in total. The molecule has 8 heteroatoms. The molecule has 0 unspecified atom stereocenters. The molecule has 1 aromatic heterocycles. The van der Waals surface area contributed by atoms with Crippen molar-refractivity contribution < 1.29 is 4.79 Å². The SMILES string of the molecule is O=C(CN1CCN(Cc2ccccc2Cl)CC1)Nc1nnc(C2CCCCC2)s1. The van der Waals surface area contributed by atoms with E-state index in [9.17, 15) is 4.79 Å². The van der Waals surface area contributed by atoms with E-state index >= 15 is 0 Å². The van der Waals surface area contributed by atoms with Gasteiger partial charge in [-0.1, -0.05) is 60.4 Å². The average Bonchev–Trinajstić information content (AvgIpc) is 3.20. The van der Waals surface area contributed by atoms with Gasteiger partial charge in [-0.2, -0.15) is 0 Å². The van der Waals surface area contributed by atoms with Gasteiger partial charge in [-0.25, -0.2) is 0 Å². The number of rotatable bonds is 6. The maximum atomic E-state index is 12.4. The third-order valence-corrected chi connectivity index (χ3v) is 7.20. The van der Waals surface area contributed by atoms with E-state index in [2.05, 4.69) is 31.4 Å². The molecule has 29 heavy (non-hydrogen) atoms. The summed E-state index contributed by atoms with van der Waals surface area (Å²) in [5.41, 5.74) is 1.16. The lowest BCUT2D eigenvalue weighted by Crippen LogP contribution is -2.48. The molecule has 2 fully saturated rings. The molecule has 1 amide bonds. The number of nitrogens with one attached hydrogen (secondary N) is 1. The molecule has 1 saturated heterocycles. The Morgan fingerprint density at radius 2 is 1.79 bits per heavy atom. The quantitative estimate of drug-likeness (QED) is 0.746. The minimum absolute atomic E-state index is 0.00380. The Kier molecular flexibility index (Phi) is 7.13. The third-order valence-electron chi connectivity index (χ3n) is 5.83. The molecule has 1 saturated carbocycles. The zero-order valence-corrected chi connectivity index (χ0v) is 18.2. The molecule has 0 radical (unpaired) electrons. The molecule has 6 nitrogen and oxygen atoms in total. The Hall–Kier alpha value is -1.54. The Balaban J connectivity index is 1.21. The zero-order chi connectivity index (χ0) is 20.1. The van der Waals surface area contributed by atoms with Crippen LogP contribution in [0.2, 0.25) is 5.02 Å². The number of anilines is 1. The fourth-order valence-corrected chi connectivity index (χ4v) is 5.26. The number of hydrogen-bond donors (Lipinski definition) is 1. The normalized spacial score (nSPS) is 19.3. The summed E-state index contributed by atoms with van der Waals surface area (Å²) in [7, 11) is 0. The predicted octanol–water partition coefficient (Wildman–Crippen LogP) is 4.00. The highest BCUT2D eigenvalue weighted by molar-refractivity contribution is 7.15. The number of carbonyl (C=O) groups excluding carboxylic acids is 1. The lowest BCUT2D eigenvalue weighted by atomic mass is 9.90. The molecule has 2 aromatic rings. The van der Waals surface area contributed by atoms with E-state index in [1.807, 2.05) is 18.2 Å². The van der Waals surface area contributed by atoms with Crippen molar-refractivity contribution in [2.24, 2.45) is 0 Å². The molecule has 1 aromatic carbocycles. The van der Waals surface area contributed by atoms with Crippen LogP contribution in [0.1, 0.15) is 48.6 Å². The van der Waals surface area contributed by atoms with E-state index < -0.39 is 0 Å². The molecular weight excluding hydrogens is 406 g/mol. The number of nitrogens with zero attached hydrogens (tertiary/aromatic N) is 4. The van der Waals surface area contributed by atoms with Crippen LogP contribution in [0.3, 0.4) is 0 Å². The Bertz CT molecular complexity index is 815. The first kappa shape index (κ1) is 20.7. The Morgan fingerprint density at radius 1 is 1.07 bits per heavy atom. The first-order chi connectivity index (χ1) is 14.2. The Morgan fingerprint density at radius 3 is 2.55 bits per heavy atom. The third kappa shape index (κ3) is 5.75. The predicted molar refractivity (Wildman–Crippen MR) is 118 cm³/mol. The molecule has 1 aliphatic carbocycles. The molecular formula is C21H28ClN5OS. The van der Waals surface area contributed by atoms with Crippen molar-refractivity contribution in [2.45, 2.75) is 44.6 Å². The molecule has 4 rings (SSSR count). The number of halogens is 1. The van der Waals surface area contributed by atoms with Crippen molar-refractivity contribution in [3.63, 3.8) is 0 Å². The zero-order valence-electron chi connectivity index (χ0n) is 16.6. The first-order valence-electron chi connectivity index (χ1n) is 10.5. The number of benzene rings is 1. The topological polar surface area (TPSA) is 61.4 Å². The summed E-state index contributed by atoms with van der Waals surface area (Å²) < 4.78 is 0. The lowest BCUT2D eigenvalue weighted by molar-refractivity contribution is -0.117. The van der Waals surface area contributed by atoms with Gasteiger partial charge in [-0.15, -0.1) is 10.2 Å². The highest BCUT2D eigenvalue weighted by atomic mass is 35.5. The van der Waals surface area contributed by atoms with Crippen molar-refractivity contribution in [3.05, 3.63) is 39.9 Å². The van der Waals surface area contributed by atoms with E-state index in [0.717, 1.165) is 48.3 Å². The summed E-state index contributed by atoms with van der Waals surface area (Å²) in [5.74, 6) is 0.522. The van der Waals surface area contributed by atoms with E-state index in [1.165, 1.54) is 43.4 Å². The molecule has 2 aliphatic rings. The second-order valence-electron chi connectivity index (χ2n) is 7.97. The summed E-state index contributed by atoms with van der Waals surface area (Å²) >= 11 is 7.81. The van der Waals surface area contributed by atoms with E-state index in [-0.39, 0.29) is 5.91 Å². The van der Waals surface area contributed by atoms with E-state index in [0.29, 0.717) is 17.6 Å². The fourth-order valence-electron chi connectivity index (χ4n) is 4.13. The smallest absolute Gasteiger partial charge is 0.240 e. The summed E-state index contributed by atoms with van der Waals surface area (Å²) in [6.07, 6.45) is 6.26. The molecule has 1 aliphatic heterocycles. The second kappa shape index (κ2) is 9.98. The van der Waals surface area contributed by atoms with Crippen LogP contribution in [0, 0.1) is 0 Å². The second-order valence-corrected chi connectivity index (χ2v) is 9.39. The van der Waals surface area contributed by atoms with E-state index in [1.54, 1.807) is 0 Å². The summed E-state index contributed by atoms with van der Waals surface area (Å²) in [5, 5.41) is 14.0. The van der Waals surface area contributed by atoms with Gasteiger partial charge in [0.15, 0.2) is 0 Å². The van der Waals surface area contributed by atoms with Gasteiger partial charge in [0.25, 0.3) is 0 Å². The highest BCUT2D eigenvalue weighted by Crippen LogP contribution is 2.35. The van der Waals surface area contributed by atoms with Gasteiger partial charge in [0, 0.05) is 43.7 Å². The lowest BCUT2D eigenvalue weighted by Gasteiger charge is -2.34. The molecule has 0 bridgehead atoms. The van der Waals surface area contributed by atoms with Crippen LogP contribution in [0.5, 0.6) is 0 Å². The molecule has 0 spiro atoms. The summed E-state index contributed by atoms with van der Waals surface area (Å²) in [6, 6.07) is 7.99. The summed E-state index contributed by atoms with van der Waals surface area (Å²) in [6.45, 7) is 4.88. The number of hydrogen-bond acceptors (Lipinski definition) is 6. The van der Waals surface area contributed by atoms with Crippen molar-refractivity contribution in [1.82, 2.24) is 20.0 Å². The van der Waals surface area contributed by atoms with E-state index in [4.69, 9.17) is 11.6 Å². The van der Waals surface area contributed by atoms with Crippen LogP contribution >= 0.6 is 22.9 Å². The Labute approximate surface area is 181 Å². The number of carbonyl (C=O) groups is 1. The number of piperazine rings is 1. The van der Waals surface area contributed by atoms with Crippen LogP contribution in [0.15, 0.2) is 24.3 Å². The van der Waals surface area contributed by atoms with Crippen molar-refractivity contribution in [3.8, 4) is 0 Å². The number of amides is 1. The van der Waals surface area contributed by atoms with Crippen molar-refractivity contribution in [1.29, 1.82) is 0 Å². The van der Waals surface area contributed by atoms with Crippen molar-refractivity contribution in [2.75, 3.05) is 38.0 Å². The largest absolute Gasteiger partial charge is 0.299 e. The highest BCUT2D eigenvalue weighted by Gasteiger charge is 2.22.